The van der Waals surface area contributed by atoms with Crippen LogP contribution in [0.5, 0.6) is 0 Å². The van der Waals surface area contributed by atoms with Crippen LogP contribution in [0.25, 0.3) is 11.3 Å². The number of pyridine rings is 1. The zero-order valence-electron chi connectivity index (χ0n) is 14.7. The van der Waals surface area contributed by atoms with Crippen LogP contribution in [-0.4, -0.2) is 34.2 Å². The van der Waals surface area contributed by atoms with Crippen LogP contribution in [0, 0.1) is 15.9 Å². The predicted molar refractivity (Wildman–Crippen MR) is 99.6 cm³/mol. The average molecular weight is 406 g/mol. The molecule has 0 saturated carbocycles. The van der Waals surface area contributed by atoms with Crippen molar-refractivity contribution in [2.24, 2.45) is 0 Å². The molecule has 3 rings (SSSR count). The number of thiol groups is 1. The van der Waals surface area contributed by atoms with Crippen molar-refractivity contribution < 1.29 is 23.6 Å². The second kappa shape index (κ2) is 7.43. The van der Waals surface area contributed by atoms with Gasteiger partial charge in [-0.05, 0) is 25.1 Å². The third kappa shape index (κ3) is 3.48. The predicted octanol–water partition coefficient (Wildman–Crippen LogP) is 2.89. The largest absolute Gasteiger partial charge is 0.423 e. The van der Waals surface area contributed by atoms with Crippen LogP contribution in [-0.2, 0) is 9.53 Å². The number of anilines is 1. The fourth-order valence-electron chi connectivity index (χ4n) is 2.83. The van der Waals surface area contributed by atoms with Crippen molar-refractivity contribution in [1.29, 1.82) is 0 Å². The van der Waals surface area contributed by atoms with Crippen LogP contribution >= 0.6 is 12.6 Å². The molecule has 2 atom stereocenters. The number of nitrogens with zero attached hydrogens (tertiary/aromatic N) is 3. The van der Waals surface area contributed by atoms with Gasteiger partial charge in [-0.3, -0.25) is 19.8 Å². The van der Waals surface area contributed by atoms with Gasteiger partial charge in [0.1, 0.15) is 12.0 Å². The molecule has 0 spiro atoms. The Hall–Kier alpha value is -3.21. The minimum Gasteiger partial charge on any atom is -0.423 e. The fourth-order valence-corrected chi connectivity index (χ4v) is 3.14. The molecular formula is C17H15FN4O5S. The van der Waals surface area contributed by atoms with E-state index in [4.69, 9.17) is 4.74 Å². The number of aromatic nitrogens is 1. The Morgan fingerprint density at radius 3 is 2.68 bits per heavy atom. The van der Waals surface area contributed by atoms with Gasteiger partial charge in [0.15, 0.2) is 6.23 Å². The number of nitrogens with one attached hydrogen (secondary N) is 1. The lowest BCUT2D eigenvalue weighted by Crippen LogP contribution is -2.43. The molecule has 1 unspecified atom stereocenters. The lowest BCUT2D eigenvalue weighted by Gasteiger charge is -2.23. The minimum atomic E-state index is -0.878. The van der Waals surface area contributed by atoms with Gasteiger partial charge >= 0.3 is 6.09 Å². The zero-order chi connectivity index (χ0) is 20.6. The summed E-state index contributed by atoms with van der Waals surface area (Å²) in [4.78, 5) is 38.5. The molecule has 28 heavy (non-hydrogen) atoms. The van der Waals surface area contributed by atoms with Gasteiger partial charge < -0.3 is 10.1 Å². The summed E-state index contributed by atoms with van der Waals surface area (Å²) >= 11 is 4.19. The Labute approximate surface area is 164 Å². The SMILES string of the molecule is CC(=O)N[C@H]1OC(=O)N(c2ccc(-c3ccc([N+](=O)[O-])cn3)c(F)c2S)C1C. The molecule has 1 N–H and O–H groups in total. The first-order chi connectivity index (χ1) is 13.2. The molecule has 2 heterocycles. The molecule has 9 nitrogen and oxygen atoms in total. The maximum atomic E-state index is 14.9. The molecule has 0 radical (unpaired) electrons. The van der Waals surface area contributed by atoms with Gasteiger partial charge in [-0.1, -0.05) is 0 Å². The summed E-state index contributed by atoms with van der Waals surface area (Å²) in [7, 11) is 0. The third-order valence-corrected chi connectivity index (χ3v) is 4.63. The number of carbonyl (C=O) groups excluding carboxylic acids is 2. The van der Waals surface area contributed by atoms with E-state index in [-0.39, 0.29) is 33.4 Å². The van der Waals surface area contributed by atoms with E-state index in [0.717, 1.165) is 6.20 Å². The highest BCUT2D eigenvalue weighted by Crippen LogP contribution is 2.36. The molecule has 1 aromatic heterocycles. The molecule has 1 aliphatic rings. The monoisotopic (exact) mass is 406 g/mol. The number of benzene rings is 1. The maximum absolute atomic E-state index is 14.9. The number of halogens is 1. The number of carbonyl (C=O) groups is 2. The lowest BCUT2D eigenvalue weighted by molar-refractivity contribution is -0.385. The van der Waals surface area contributed by atoms with Crippen molar-refractivity contribution in [2.75, 3.05) is 4.90 Å². The zero-order valence-corrected chi connectivity index (χ0v) is 15.6. The topological polar surface area (TPSA) is 115 Å². The molecule has 1 saturated heterocycles. The van der Waals surface area contributed by atoms with Crippen LogP contribution in [0.2, 0.25) is 0 Å². The van der Waals surface area contributed by atoms with Crippen molar-refractivity contribution in [1.82, 2.24) is 10.3 Å². The van der Waals surface area contributed by atoms with Crippen LogP contribution in [0.1, 0.15) is 13.8 Å². The van der Waals surface area contributed by atoms with Crippen molar-refractivity contribution in [3.8, 4) is 11.3 Å². The average Bonchev–Trinajstić information content (AvgIpc) is 2.90. The first-order valence-corrected chi connectivity index (χ1v) is 8.54. The molecule has 0 bridgehead atoms. The smallest absolute Gasteiger partial charge is 0.416 e. The molecule has 2 aromatic rings. The molecule has 1 aromatic carbocycles. The van der Waals surface area contributed by atoms with Gasteiger partial charge in [-0.15, -0.1) is 12.6 Å². The number of rotatable bonds is 4. The van der Waals surface area contributed by atoms with Gasteiger partial charge in [0.05, 0.1) is 27.2 Å². The van der Waals surface area contributed by atoms with Gasteiger partial charge in [0.25, 0.3) is 5.69 Å². The van der Waals surface area contributed by atoms with Gasteiger partial charge in [0, 0.05) is 18.6 Å². The lowest BCUT2D eigenvalue weighted by atomic mass is 10.1. The van der Waals surface area contributed by atoms with E-state index in [1.165, 1.54) is 36.1 Å². The third-order valence-electron chi connectivity index (χ3n) is 4.20. The highest BCUT2D eigenvalue weighted by molar-refractivity contribution is 7.80. The fraction of sp³-hybridized carbons (Fsp3) is 0.235. The van der Waals surface area contributed by atoms with Crippen LogP contribution in [0.3, 0.4) is 0 Å². The van der Waals surface area contributed by atoms with Crippen molar-refractivity contribution in [2.45, 2.75) is 31.0 Å². The van der Waals surface area contributed by atoms with E-state index >= 15 is 0 Å². The minimum absolute atomic E-state index is 0.0716. The number of amides is 2. The van der Waals surface area contributed by atoms with E-state index in [1.807, 2.05) is 0 Å². The molecule has 11 heteroatoms. The van der Waals surface area contributed by atoms with E-state index in [9.17, 15) is 24.1 Å². The summed E-state index contributed by atoms with van der Waals surface area (Å²) in [6, 6.07) is 4.81. The van der Waals surface area contributed by atoms with Crippen molar-refractivity contribution >= 4 is 36.0 Å². The molecule has 1 fully saturated rings. The highest BCUT2D eigenvalue weighted by atomic mass is 32.1. The van der Waals surface area contributed by atoms with Gasteiger partial charge in [-0.2, -0.15) is 0 Å². The molecule has 0 aliphatic carbocycles. The molecular weight excluding hydrogens is 391 g/mol. The number of hydrogen-bond donors (Lipinski definition) is 2. The van der Waals surface area contributed by atoms with Crippen molar-refractivity contribution in [3.05, 3.63) is 46.4 Å². The quantitative estimate of drug-likeness (QED) is 0.458. The Morgan fingerprint density at radius 2 is 2.11 bits per heavy atom. The normalized spacial score (nSPS) is 18.7. The Kier molecular flexibility index (Phi) is 5.18. The Balaban J connectivity index is 1.95. The van der Waals surface area contributed by atoms with Crippen LogP contribution in [0.4, 0.5) is 20.6 Å². The Bertz CT molecular complexity index is 969. The molecule has 2 amide bonds. The second-order valence-electron chi connectivity index (χ2n) is 6.07. The molecule has 1 aliphatic heterocycles. The number of nitro groups is 1. The molecule has 146 valence electrons. The standard InChI is InChI=1S/C17H15FN4O5S/c1-8-16(20-9(2)23)27-17(24)21(8)13-6-4-11(14(18)15(13)28)12-5-3-10(7-19-12)22(25)26/h3-8,16,28H,1-2H3,(H,20,23)/t8?,16-/m0/s1. The number of cyclic esters (lactones) is 1. The summed E-state index contributed by atoms with van der Waals surface area (Å²) in [5.41, 5.74) is 0.196. The van der Waals surface area contributed by atoms with E-state index in [0.29, 0.717) is 0 Å². The number of hydrogen-bond acceptors (Lipinski definition) is 7. The van der Waals surface area contributed by atoms with Gasteiger partial charge in [-0.25, -0.2) is 14.2 Å². The van der Waals surface area contributed by atoms with Crippen LogP contribution in [0.15, 0.2) is 35.4 Å². The summed E-state index contributed by atoms with van der Waals surface area (Å²) in [5, 5.41) is 13.2. The van der Waals surface area contributed by atoms with Gasteiger partial charge in [0.2, 0.25) is 5.91 Å². The second-order valence-corrected chi connectivity index (χ2v) is 6.52. The summed E-state index contributed by atoms with van der Waals surface area (Å²) in [6.07, 6.45) is -0.599. The highest BCUT2D eigenvalue weighted by Gasteiger charge is 2.41. The maximum Gasteiger partial charge on any atom is 0.416 e. The first-order valence-electron chi connectivity index (χ1n) is 8.10. The Morgan fingerprint density at radius 1 is 1.39 bits per heavy atom. The van der Waals surface area contributed by atoms with E-state index < -0.39 is 29.1 Å². The van der Waals surface area contributed by atoms with E-state index in [1.54, 1.807) is 6.92 Å². The number of ether oxygens (including phenoxy) is 1. The summed E-state index contributed by atoms with van der Waals surface area (Å²) < 4.78 is 20.0. The summed E-state index contributed by atoms with van der Waals surface area (Å²) in [5.74, 6) is -1.12. The van der Waals surface area contributed by atoms with Crippen molar-refractivity contribution in [3.63, 3.8) is 0 Å². The van der Waals surface area contributed by atoms with E-state index in [2.05, 4.69) is 22.9 Å². The summed E-state index contributed by atoms with van der Waals surface area (Å²) in [6.45, 7) is 2.93. The van der Waals surface area contributed by atoms with Crippen LogP contribution < -0.4 is 10.2 Å². The first kappa shape index (κ1) is 19.5.